The fourth-order valence-electron chi connectivity index (χ4n) is 1.55. The summed E-state index contributed by atoms with van der Waals surface area (Å²) in [5, 5.41) is 11.6. The molecule has 0 fully saturated rings. The first-order valence-electron chi connectivity index (χ1n) is 6.12. The second-order valence-corrected chi connectivity index (χ2v) is 6.06. The number of rotatable bonds is 4. The van der Waals surface area contributed by atoms with Gasteiger partial charge in [-0.3, -0.25) is 4.79 Å². The fourth-order valence-corrected chi connectivity index (χ4v) is 2.02. The zero-order chi connectivity index (χ0) is 16.2. The molecule has 0 saturated heterocycles. The van der Waals surface area contributed by atoms with E-state index < -0.39 is 23.7 Å². The van der Waals surface area contributed by atoms with E-state index in [0.717, 1.165) is 0 Å². The number of carbonyl (C=O) groups excluding carboxylic acids is 1. The van der Waals surface area contributed by atoms with Crippen LogP contribution < -0.4 is 5.32 Å². The Labute approximate surface area is 132 Å². The van der Waals surface area contributed by atoms with Crippen molar-refractivity contribution in [3.8, 4) is 0 Å². The maximum atomic E-state index is 11.8. The van der Waals surface area contributed by atoms with Gasteiger partial charge in [-0.05, 0) is 26.8 Å². The Morgan fingerprint density at radius 1 is 1.38 bits per heavy atom. The largest absolute Gasteiger partial charge is 0.481 e. The molecule has 1 aromatic rings. The summed E-state index contributed by atoms with van der Waals surface area (Å²) < 4.78 is 5.10. The molecule has 1 rings (SSSR count). The van der Waals surface area contributed by atoms with Crippen LogP contribution in [0.3, 0.4) is 0 Å². The number of aliphatic carboxylic acids is 1. The number of nitrogens with one attached hydrogen (secondary N) is 1. The highest BCUT2D eigenvalue weighted by Gasteiger charge is 2.24. The van der Waals surface area contributed by atoms with E-state index in [1.165, 1.54) is 12.1 Å². The number of nitrogens with zero attached hydrogens (tertiary/aromatic N) is 1. The summed E-state index contributed by atoms with van der Waals surface area (Å²) in [5.41, 5.74) is -0.339. The quantitative estimate of drug-likeness (QED) is 0.823. The molecule has 0 aliphatic heterocycles. The number of carboxylic acid groups (broad SMARTS) is 1. The summed E-state index contributed by atoms with van der Waals surface area (Å²) in [7, 11) is 0. The number of halogens is 2. The minimum Gasteiger partial charge on any atom is -0.481 e. The second kappa shape index (κ2) is 6.95. The highest BCUT2D eigenvalue weighted by Crippen LogP contribution is 2.26. The van der Waals surface area contributed by atoms with Crippen LogP contribution in [-0.2, 0) is 9.53 Å². The van der Waals surface area contributed by atoms with Crippen LogP contribution in [-0.4, -0.2) is 27.8 Å². The van der Waals surface area contributed by atoms with Gasteiger partial charge in [0.1, 0.15) is 15.9 Å². The van der Waals surface area contributed by atoms with Crippen LogP contribution in [0.15, 0.2) is 12.1 Å². The molecule has 0 aromatic carbocycles. The number of alkyl carbamates (subject to hydrolysis) is 1. The maximum Gasteiger partial charge on any atom is 0.408 e. The smallest absolute Gasteiger partial charge is 0.408 e. The Kier molecular flexibility index (Phi) is 5.80. The number of carbonyl (C=O) groups is 2. The van der Waals surface area contributed by atoms with E-state index in [4.69, 9.17) is 33.0 Å². The van der Waals surface area contributed by atoms with Gasteiger partial charge in [-0.2, -0.15) is 0 Å². The van der Waals surface area contributed by atoms with Gasteiger partial charge in [0.25, 0.3) is 0 Å². The first-order valence-corrected chi connectivity index (χ1v) is 6.87. The topological polar surface area (TPSA) is 88.5 Å². The molecule has 21 heavy (non-hydrogen) atoms. The van der Waals surface area contributed by atoms with Crippen molar-refractivity contribution < 1.29 is 19.4 Å². The lowest BCUT2D eigenvalue weighted by molar-refractivity contribution is -0.137. The SMILES string of the molecule is CC(C)(C)OC(=O)N[C@@H](CC(=O)O)c1ccc(Cl)nc1Cl. The number of hydrogen-bond donors (Lipinski definition) is 2. The van der Waals surface area contributed by atoms with Gasteiger partial charge >= 0.3 is 12.1 Å². The highest BCUT2D eigenvalue weighted by molar-refractivity contribution is 6.32. The lowest BCUT2D eigenvalue weighted by Gasteiger charge is -2.23. The van der Waals surface area contributed by atoms with Crippen molar-refractivity contribution in [2.75, 3.05) is 0 Å². The standard InChI is InChI=1S/C13H16Cl2N2O4/c1-13(2,3)21-12(20)16-8(6-10(18)19)7-4-5-9(14)17-11(7)15/h4-5,8H,6H2,1-3H3,(H,16,20)(H,18,19)/t8-/m0/s1. The summed E-state index contributed by atoms with van der Waals surface area (Å²) in [5.74, 6) is -1.10. The molecule has 8 heteroatoms. The molecular formula is C13H16Cl2N2O4. The van der Waals surface area contributed by atoms with Crippen LogP contribution in [0, 0.1) is 0 Å². The molecule has 2 N–H and O–H groups in total. The van der Waals surface area contributed by atoms with E-state index in [0.29, 0.717) is 5.56 Å². The van der Waals surface area contributed by atoms with Gasteiger partial charge in [0.05, 0.1) is 12.5 Å². The lowest BCUT2D eigenvalue weighted by Crippen LogP contribution is -2.36. The third kappa shape index (κ3) is 6.18. The van der Waals surface area contributed by atoms with Crippen molar-refractivity contribution >= 4 is 35.3 Å². The first kappa shape index (κ1) is 17.5. The molecule has 0 aliphatic rings. The Balaban J connectivity index is 2.95. The fraction of sp³-hybridized carbons (Fsp3) is 0.462. The minimum absolute atomic E-state index is 0.0322. The number of aromatic nitrogens is 1. The Hall–Kier alpha value is -1.53. The monoisotopic (exact) mass is 334 g/mol. The molecule has 1 atom stereocenters. The number of ether oxygens (including phenoxy) is 1. The number of hydrogen-bond acceptors (Lipinski definition) is 4. The van der Waals surface area contributed by atoms with Crippen molar-refractivity contribution in [2.24, 2.45) is 0 Å². The summed E-state index contributed by atoms with van der Waals surface area (Å²) in [6.07, 6.45) is -1.10. The molecule has 1 heterocycles. The third-order valence-corrected chi connectivity index (χ3v) is 2.80. The van der Waals surface area contributed by atoms with E-state index in [1.54, 1.807) is 20.8 Å². The van der Waals surface area contributed by atoms with Gasteiger partial charge in [0, 0.05) is 5.56 Å². The molecule has 1 aromatic heterocycles. The van der Waals surface area contributed by atoms with Crippen molar-refractivity contribution in [3.05, 3.63) is 28.0 Å². The van der Waals surface area contributed by atoms with Crippen molar-refractivity contribution in [2.45, 2.75) is 38.8 Å². The molecule has 0 bridgehead atoms. The van der Waals surface area contributed by atoms with E-state index in [-0.39, 0.29) is 16.7 Å². The molecule has 0 aliphatic carbocycles. The summed E-state index contributed by atoms with van der Waals surface area (Å²) in [4.78, 5) is 26.6. The summed E-state index contributed by atoms with van der Waals surface area (Å²) in [6, 6.07) is 2.12. The minimum atomic E-state index is -1.10. The lowest BCUT2D eigenvalue weighted by atomic mass is 10.1. The van der Waals surface area contributed by atoms with E-state index in [2.05, 4.69) is 10.3 Å². The Bertz CT molecular complexity index is 543. The molecule has 6 nitrogen and oxygen atoms in total. The molecule has 0 spiro atoms. The van der Waals surface area contributed by atoms with Gasteiger partial charge in [0.15, 0.2) is 0 Å². The molecule has 0 saturated carbocycles. The molecular weight excluding hydrogens is 319 g/mol. The molecule has 0 unspecified atom stereocenters. The predicted molar refractivity (Wildman–Crippen MR) is 78.6 cm³/mol. The van der Waals surface area contributed by atoms with Crippen LogP contribution >= 0.6 is 23.2 Å². The predicted octanol–water partition coefficient (Wildman–Crippen LogP) is 3.43. The van der Waals surface area contributed by atoms with Gasteiger partial charge in [0.2, 0.25) is 0 Å². The van der Waals surface area contributed by atoms with Crippen LogP contribution in [0.1, 0.15) is 38.8 Å². The van der Waals surface area contributed by atoms with Gasteiger partial charge in [-0.25, -0.2) is 9.78 Å². The van der Waals surface area contributed by atoms with Crippen LogP contribution in [0.4, 0.5) is 4.79 Å². The average Bonchev–Trinajstić information content (AvgIpc) is 2.24. The van der Waals surface area contributed by atoms with Crippen LogP contribution in [0.2, 0.25) is 10.3 Å². The zero-order valence-electron chi connectivity index (χ0n) is 11.8. The molecule has 0 radical (unpaired) electrons. The van der Waals surface area contributed by atoms with E-state index in [9.17, 15) is 9.59 Å². The van der Waals surface area contributed by atoms with E-state index >= 15 is 0 Å². The van der Waals surface area contributed by atoms with E-state index in [1.807, 2.05) is 0 Å². The van der Waals surface area contributed by atoms with Crippen molar-refractivity contribution in [3.63, 3.8) is 0 Å². The summed E-state index contributed by atoms with van der Waals surface area (Å²) in [6.45, 7) is 5.11. The Morgan fingerprint density at radius 2 is 2.00 bits per heavy atom. The number of pyridine rings is 1. The van der Waals surface area contributed by atoms with Gasteiger partial charge in [-0.15, -0.1) is 0 Å². The zero-order valence-corrected chi connectivity index (χ0v) is 13.3. The third-order valence-electron chi connectivity index (χ3n) is 2.29. The molecule has 1 amide bonds. The van der Waals surface area contributed by atoms with Crippen LogP contribution in [0.25, 0.3) is 0 Å². The van der Waals surface area contributed by atoms with Gasteiger partial charge in [-0.1, -0.05) is 29.3 Å². The van der Waals surface area contributed by atoms with Crippen molar-refractivity contribution in [1.82, 2.24) is 10.3 Å². The highest BCUT2D eigenvalue weighted by atomic mass is 35.5. The number of amides is 1. The van der Waals surface area contributed by atoms with Gasteiger partial charge < -0.3 is 15.2 Å². The second-order valence-electron chi connectivity index (χ2n) is 5.31. The summed E-state index contributed by atoms with van der Waals surface area (Å²) >= 11 is 11.6. The average molecular weight is 335 g/mol. The van der Waals surface area contributed by atoms with Crippen LogP contribution in [0.5, 0.6) is 0 Å². The normalized spacial score (nSPS) is 12.6. The van der Waals surface area contributed by atoms with Crippen molar-refractivity contribution in [1.29, 1.82) is 0 Å². The Morgan fingerprint density at radius 3 is 2.48 bits per heavy atom. The first-order chi connectivity index (χ1) is 9.58. The number of carboxylic acids is 1. The molecule has 116 valence electrons. The maximum absolute atomic E-state index is 11.8.